The lowest BCUT2D eigenvalue weighted by Crippen LogP contribution is -2.28. The summed E-state index contributed by atoms with van der Waals surface area (Å²) in [6.07, 6.45) is -0.662. The minimum atomic E-state index is -4.79. The number of carbonyl (C=O) groups excluding carboxylic acids is 2. The SMILES string of the molecule is COC(=O)[C@H]1CC[C@H](Oc2ccc(NC(=O)c3nnc(Nc4ccc(OC(F)(F)F)cc4)o3)cn2)CC1. The molecule has 0 atom stereocenters. The van der Waals surface area contributed by atoms with Gasteiger partial charge in [0, 0.05) is 11.8 Å². The van der Waals surface area contributed by atoms with Crippen LogP contribution >= 0.6 is 0 Å². The van der Waals surface area contributed by atoms with Crippen molar-refractivity contribution in [1.29, 1.82) is 0 Å². The summed E-state index contributed by atoms with van der Waals surface area (Å²) in [5, 5.41) is 12.6. The number of esters is 1. The van der Waals surface area contributed by atoms with E-state index in [1.165, 1.54) is 25.4 Å². The van der Waals surface area contributed by atoms with Crippen LogP contribution in [0.1, 0.15) is 36.4 Å². The van der Waals surface area contributed by atoms with Gasteiger partial charge in [0.25, 0.3) is 0 Å². The number of ether oxygens (including phenoxy) is 3. The highest BCUT2D eigenvalue weighted by Gasteiger charge is 2.31. The fraction of sp³-hybridized carbons (Fsp3) is 0.348. The van der Waals surface area contributed by atoms with Crippen LogP contribution in [0.2, 0.25) is 0 Å². The molecule has 1 aliphatic rings. The first-order chi connectivity index (χ1) is 17.7. The van der Waals surface area contributed by atoms with Crippen molar-refractivity contribution in [3.05, 3.63) is 48.5 Å². The molecule has 0 saturated heterocycles. The first kappa shape index (κ1) is 25.7. The zero-order valence-electron chi connectivity index (χ0n) is 19.4. The molecule has 0 radical (unpaired) electrons. The number of pyridine rings is 1. The number of anilines is 3. The van der Waals surface area contributed by atoms with E-state index in [9.17, 15) is 22.8 Å². The summed E-state index contributed by atoms with van der Waals surface area (Å²) in [5.74, 6) is -1.34. The minimum absolute atomic E-state index is 0.0634. The first-order valence-electron chi connectivity index (χ1n) is 11.2. The summed E-state index contributed by atoms with van der Waals surface area (Å²) >= 11 is 0. The highest BCUT2D eigenvalue weighted by molar-refractivity contribution is 6.00. The Morgan fingerprint density at radius 1 is 1.00 bits per heavy atom. The lowest BCUT2D eigenvalue weighted by molar-refractivity contribution is -0.274. The molecule has 1 amide bonds. The average Bonchev–Trinajstić information content (AvgIpc) is 3.34. The van der Waals surface area contributed by atoms with Gasteiger partial charge in [-0.05, 0) is 56.0 Å². The summed E-state index contributed by atoms with van der Waals surface area (Å²) in [6, 6.07) is 7.89. The minimum Gasteiger partial charge on any atom is -0.474 e. The summed E-state index contributed by atoms with van der Waals surface area (Å²) < 4.78 is 56.5. The number of nitrogens with one attached hydrogen (secondary N) is 2. The van der Waals surface area contributed by atoms with E-state index in [0.717, 1.165) is 12.1 Å². The zero-order valence-corrected chi connectivity index (χ0v) is 19.4. The molecule has 0 unspecified atom stereocenters. The molecule has 0 aliphatic heterocycles. The van der Waals surface area contributed by atoms with E-state index in [1.54, 1.807) is 12.1 Å². The van der Waals surface area contributed by atoms with Crippen LogP contribution in [0, 0.1) is 5.92 Å². The standard InChI is InChI=1S/C23H22F3N5O6/c1-34-21(33)13-2-7-16(8-3-13)35-18-11-6-15(12-27-18)28-19(32)20-30-31-22(36-20)29-14-4-9-17(10-5-14)37-23(24,25)26/h4-6,9-13,16H,2-3,7-8H2,1H3,(H,28,32)(H,29,31)/t13-,16-. The maximum absolute atomic E-state index is 12.4. The number of rotatable bonds is 8. The normalized spacial score (nSPS) is 17.5. The summed E-state index contributed by atoms with van der Waals surface area (Å²) in [7, 11) is 1.38. The molecule has 4 rings (SSSR count). The third-order valence-electron chi connectivity index (χ3n) is 5.45. The number of alkyl halides is 3. The van der Waals surface area contributed by atoms with Crippen LogP contribution in [0.25, 0.3) is 0 Å². The number of aromatic nitrogens is 3. The summed E-state index contributed by atoms with van der Waals surface area (Å²) in [5.41, 5.74) is 0.698. The molecule has 3 aromatic rings. The molecule has 1 aromatic carbocycles. The van der Waals surface area contributed by atoms with E-state index in [1.807, 2.05) is 0 Å². The van der Waals surface area contributed by atoms with Gasteiger partial charge >= 0.3 is 30.1 Å². The van der Waals surface area contributed by atoms with Crippen LogP contribution in [-0.2, 0) is 9.53 Å². The second-order valence-corrected chi connectivity index (χ2v) is 8.06. The van der Waals surface area contributed by atoms with Gasteiger partial charge in [0.2, 0.25) is 5.88 Å². The smallest absolute Gasteiger partial charge is 0.474 e. The Morgan fingerprint density at radius 3 is 2.32 bits per heavy atom. The third kappa shape index (κ3) is 7.32. The van der Waals surface area contributed by atoms with Gasteiger partial charge in [-0.15, -0.1) is 18.3 Å². The van der Waals surface area contributed by atoms with Crippen LogP contribution in [0.15, 0.2) is 47.0 Å². The fourth-order valence-corrected chi connectivity index (χ4v) is 3.69. The van der Waals surface area contributed by atoms with Gasteiger partial charge in [-0.1, -0.05) is 5.10 Å². The van der Waals surface area contributed by atoms with Crippen molar-refractivity contribution in [3.8, 4) is 11.6 Å². The van der Waals surface area contributed by atoms with Crippen molar-refractivity contribution in [2.24, 2.45) is 5.92 Å². The van der Waals surface area contributed by atoms with E-state index in [-0.39, 0.29) is 35.6 Å². The van der Waals surface area contributed by atoms with Crippen LogP contribution in [0.5, 0.6) is 11.6 Å². The number of carbonyl (C=O) groups is 2. The second-order valence-electron chi connectivity index (χ2n) is 8.06. The maximum Gasteiger partial charge on any atom is 0.573 e. The Bertz CT molecular complexity index is 1210. The topological polar surface area (TPSA) is 138 Å². The molecule has 1 fully saturated rings. The summed E-state index contributed by atoms with van der Waals surface area (Å²) in [6.45, 7) is 0. The third-order valence-corrected chi connectivity index (χ3v) is 5.45. The van der Waals surface area contributed by atoms with Crippen LogP contribution in [0.3, 0.4) is 0 Å². The largest absolute Gasteiger partial charge is 0.573 e. The lowest BCUT2D eigenvalue weighted by Gasteiger charge is -2.27. The first-order valence-corrected chi connectivity index (χ1v) is 11.2. The quantitative estimate of drug-likeness (QED) is 0.408. The van der Waals surface area contributed by atoms with Gasteiger partial charge in [0.05, 0.1) is 24.9 Å². The number of nitrogens with zero attached hydrogens (tertiary/aromatic N) is 3. The molecule has 2 heterocycles. The number of hydrogen-bond donors (Lipinski definition) is 2. The lowest BCUT2D eigenvalue weighted by atomic mass is 9.87. The molecule has 2 aromatic heterocycles. The van der Waals surface area contributed by atoms with Crippen molar-refractivity contribution in [1.82, 2.24) is 15.2 Å². The van der Waals surface area contributed by atoms with Gasteiger partial charge < -0.3 is 29.3 Å². The number of benzene rings is 1. The summed E-state index contributed by atoms with van der Waals surface area (Å²) in [4.78, 5) is 28.2. The van der Waals surface area contributed by atoms with Crippen LogP contribution in [0.4, 0.5) is 30.6 Å². The predicted octanol–water partition coefficient (Wildman–Crippen LogP) is 4.47. The highest BCUT2D eigenvalue weighted by Crippen LogP contribution is 2.28. The monoisotopic (exact) mass is 521 g/mol. The van der Waals surface area contributed by atoms with Crippen molar-refractivity contribution in [2.45, 2.75) is 38.1 Å². The van der Waals surface area contributed by atoms with Crippen LogP contribution in [-0.4, -0.2) is 46.6 Å². The zero-order chi connectivity index (χ0) is 26.4. The number of hydrogen-bond acceptors (Lipinski definition) is 10. The van der Waals surface area contributed by atoms with Crippen molar-refractivity contribution < 1.29 is 41.4 Å². The average molecular weight is 521 g/mol. The Hall–Kier alpha value is -4.36. The molecule has 0 spiro atoms. The van der Waals surface area contributed by atoms with Gasteiger partial charge in [0.1, 0.15) is 11.9 Å². The van der Waals surface area contributed by atoms with Gasteiger partial charge in [-0.2, -0.15) is 0 Å². The van der Waals surface area contributed by atoms with E-state index in [4.69, 9.17) is 13.9 Å². The molecule has 37 heavy (non-hydrogen) atoms. The Labute approximate surface area is 208 Å². The molecular formula is C23H22F3N5O6. The second kappa shape index (κ2) is 11.1. The Morgan fingerprint density at radius 2 is 1.70 bits per heavy atom. The van der Waals surface area contributed by atoms with Crippen molar-refractivity contribution in [3.63, 3.8) is 0 Å². The maximum atomic E-state index is 12.4. The molecule has 1 aliphatic carbocycles. The van der Waals surface area contributed by atoms with E-state index >= 15 is 0 Å². The van der Waals surface area contributed by atoms with Gasteiger partial charge in [-0.3, -0.25) is 9.59 Å². The molecule has 0 bridgehead atoms. The molecule has 14 heteroatoms. The molecule has 1 saturated carbocycles. The van der Waals surface area contributed by atoms with E-state index in [2.05, 4.69) is 30.6 Å². The predicted molar refractivity (Wildman–Crippen MR) is 121 cm³/mol. The van der Waals surface area contributed by atoms with E-state index < -0.39 is 12.3 Å². The number of amides is 1. The molecule has 11 nitrogen and oxygen atoms in total. The fourth-order valence-electron chi connectivity index (χ4n) is 3.69. The molecular weight excluding hydrogens is 499 g/mol. The van der Waals surface area contributed by atoms with Crippen LogP contribution < -0.4 is 20.1 Å². The Kier molecular flexibility index (Phi) is 7.74. The van der Waals surface area contributed by atoms with Gasteiger partial charge in [0.15, 0.2) is 0 Å². The molecule has 2 N–H and O–H groups in total. The molecule has 196 valence electrons. The van der Waals surface area contributed by atoms with Crippen molar-refractivity contribution in [2.75, 3.05) is 17.7 Å². The van der Waals surface area contributed by atoms with Gasteiger partial charge in [-0.25, -0.2) is 4.98 Å². The Balaban J connectivity index is 1.26. The number of methoxy groups -OCH3 is 1. The van der Waals surface area contributed by atoms with E-state index in [0.29, 0.717) is 42.9 Å². The number of halogens is 3. The highest BCUT2D eigenvalue weighted by atomic mass is 19.4. The van der Waals surface area contributed by atoms with Crippen molar-refractivity contribution >= 4 is 29.3 Å².